The van der Waals surface area contributed by atoms with Crippen LogP contribution in [-0.2, 0) is 13.0 Å². The number of H-pyrrole nitrogens is 1. The lowest BCUT2D eigenvalue weighted by atomic mass is 10.0. The van der Waals surface area contributed by atoms with Crippen LogP contribution in [0.15, 0.2) is 24.3 Å². The fraction of sp³-hybridized carbons (Fsp3) is 0.524. The van der Waals surface area contributed by atoms with E-state index in [9.17, 15) is 13.2 Å². The van der Waals surface area contributed by atoms with Gasteiger partial charge in [-0.25, -0.2) is 4.98 Å². The van der Waals surface area contributed by atoms with Gasteiger partial charge in [0.2, 0.25) is 0 Å². The first-order chi connectivity index (χ1) is 13.3. The Morgan fingerprint density at radius 2 is 2.04 bits per heavy atom. The first kappa shape index (κ1) is 19.3. The summed E-state index contributed by atoms with van der Waals surface area (Å²) in [6.07, 6.45) is -0.801. The van der Waals surface area contributed by atoms with Crippen molar-refractivity contribution in [2.45, 2.75) is 39.6 Å². The Balaban J connectivity index is 1.24. The van der Waals surface area contributed by atoms with Gasteiger partial charge in [0, 0.05) is 26.1 Å². The standard InChI is InChI=1S/C21H25F3N3O/c1-3-20-25-13(2)19(26-20)12-27-10-17-16(18(17)11-27)8-7-14-5-4-6-15(9-14)28-21(22,23)24/h4-7,9,16-18H,3,8,10-12H2,1-2H3,(H,25,26). The topological polar surface area (TPSA) is 41.2 Å². The zero-order chi connectivity index (χ0) is 19.9. The second-order valence-electron chi connectivity index (χ2n) is 7.85. The molecule has 1 aliphatic carbocycles. The van der Waals surface area contributed by atoms with E-state index in [1.54, 1.807) is 6.07 Å². The van der Waals surface area contributed by atoms with Gasteiger partial charge in [0.1, 0.15) is 11.6 Å². The zero-order valence-corrected chi connectivity index (χ0v) is 16.1. The molecule has 2 heterocycles. The number of nitrogens with one attached hydrogen (secondary N) is 1. The smallest absolute Gasteiger partial charge is 0.406 e. The Morgan fingerprint density at radius 1 is 1.29 bits per heavy atom. The van der Waals surface area contributed by atoms with Crippen LogP contribution in [0.3, 0.4) is 0 Å². The number of aromatic amines is 1. The molecule has 4 nitrogen and oxygen atoms in total. The Kier molecular flexibility index (Phi) is 5.12. The summed E-state index contributed by atoms with van der Waals surface area (Å²) < 4.78 is 41.0. The number of likely N-dealkylation sites (tertiary alicyclic amines) is 1. The second-order valence-corrected chi connectivity index (χ2v) is 7.85. The number of piperidine rings is 1. The number of alkyl halides is 3. The van der Waals surface area contributed by atoms with Crippen molar-refractivity contribution in [1.82, 2.24) is 14.9 Å². The SMILES string of the molecule is CCc1nc(C)c(CN2CC3C(C[CH]c4cccc(OC(F)(F)F)c4)C3C2)[nH]1. The van der Waals surface area contributed by atoms with Crippen LogP contribution >= 0.6 is 0 Å². The summed E-state index contributed by atoms with van der Waals surface area (Å²) in [5, 5.41) is 0. The maximum Gasteiger partial charge on any atom is 0.573 e. The van der Waals surface area contributed by atoms with Crippen molar-refractivity contribution in [2.24, 2.45) is 17.8 Å². The zero-order valence-electron chi connectivity index (χ0n) is 16.1. The van der Waals surface area contributed by atoms with E-state index < -0.39 is 6.36 Å². The highest BCUT2D eigenvalue weighted by molar-refractivity contribution is 5.33. The Hall–Kier alpha value is -2.02. The van der Waals surface area contributed by atoms with Gasteiger partial charge >= 0.3 is 6.36 Å². The number of aryl methyl sites for hydroxylation is 2. The Labute approximate surface area is 163 Å². The summed E-state index contributed by atoms with van der Waals surface area (Å²) in [4.78, 5) is 10.4. The fourth-order valence-corrected chi connectivity index (χ4v) is 4.43. The van der Waals surface area contributed by atoms with Crippen molar-refractivity contribution in [3.05, 3.63) is 53.5 Å². The number of halogens is 3. The minimum atomic E-state index is -4.65. The van der Waals surface area contributed by atoms with Crippen molar-refractivity contribution in [2.75, 3.05) is 13.1 Å². The Bertz CT molecular complexity index is 821. The van der Waals surface area contributed by atoms with Crippen LogP contribution in [0, 0.1) is 31.1 Å². The quantitative estimate of drug-likeness (QED) is 0.754. The van der Waals surface area contributed by atoms with Gasteiger partial charge in [-0.05, 0) is 55.2 Å². The molecule has 0 bridgehead atoms. The molecule has 7 heteroatoms. The van der Waals surface area contributed by atoms with Crippen molar-refractivity contribution in [3.63, 3.8) is 0 Å². The normalized spacial score (nSPS) is 24.4. The molecule has 1 saturated heterocycles. The number of hydrogen-bond donors (Lipinski definition) is 1. The molecule has 0 amide bonds. The molecule has 2 unspecified atom stereocenters. The van der Waals surface area contributed by atoms with Gasteiger partial charge in [0.05, 0.1) is 11.4 Å². The summed E-state index contributed by atoms with van der Waals surface area (Å²) in [7, 11) is 0. The van der Waals surface area contributed by atoms with E-state index in [2.05, 4.69) is 33.5 Å². The predicted molar refractivity (Wildman–Crippen MR) is 99.6 cm³/mol. The number of ether oxygens (including phenoxy) is 1. The predicted octanol–water partition coefficient (Wildman–Crippen LogP) is 4.50. The van der Waals surface area contributed by atoms with E-state index in [4.69, 9.17) is 0 Å². The molecule has 1 aromatic heterocycles. The number of benzene rings is 1. The summed E-state index contributed by atoms with van der Waals surface area (Å²) in [6, 6.07) is 6.19. The van der Waals surface area contributed by atoms with Gasteiger partial charge in [-0.1, -0.05) is 19.1 Å². The van der Waals surface area contributed by atoms with Crippen LogP contribution in [0.4, 0.5) is 13.2 Å². The van der Waals surface area contributed by atoms with Crippen molar-refractivity contribution in [1.29, 1.82) is 0 Å². The van der Waals surface area contributed by atoms with Gasteiger partial charge < -0.3 is 9.72 Å². The van der Waals surface area contributed by atoms with Gasteiger partial charge in [0.15, 0.2) is 0 Å². The van der Waals surface area contributed by atoms with Crippen LogP contribution in [0.5, 0.6) is 5.75 Å². The van der Waals surface area contributed by atoms with Gasteiger partial charge in [-0.2, -0.15) is 0 Å². The minimum absolute atomic E-state index is 0.162. The maximum absolute atomic E-state index is 12.3. The first-order valence-electron chi connectivity index (χ1n) is 9.78. The van der Waals surface area contributed by atoms with E-state index in [0.717, 1.165) is 49.6 Å². The molecule has 151 valence electrons. The molecule has 1 saturated carbocycles. The minimum Gasteiger partial charge on any atom is -0.406 e. The van der Waals surface area contributed by atoms with Crippen molar-refractivity contribution in [3.8, 4) is 5.75 Å². The molecule has 2 aromatic rings. The van der Waals surface area contributed by atoms with Gasteiger partial charge in [-0.15, -0.1) is 13.2 Å². The summed E-state index contributed by atoms with van der Waals surface area (Å²) in [5.74, 6) is 2.91. The summed E-state index contributed by atoms with van der Waals surface area (Å²) in [5.41, 5.74) is 3.08. The molecule has 0 spiro atoms. The number of imidazole rings is 1. The lowest BCUT2D eigenvalue weighted by Crippen LogP contribution is -2.24. The van der Waals surface area contributed by atoms with Crippen molar-refractivity contribution >= 4 is 0 Å². The largest absolute Gasteiger partial charge is 0.573 e. The van der Waals surface area contributed by atoms with E-state index in [1.807, 2.05) is 12.5 Å². The van der Waals surface area contributed by atoms with Crippen molar-refractivity contribution < 1.29 is 17.9 Å². The van der Waals surface area contributed by atoms with Gasteiger partial charge in [-0.3, -0.25) is 4.90 Å². The molecule has 2 aliphatic rings. The summed E-state index contributed by atoms with van der Waals surface area (Å²) >= 11 is 0. The number of rotatable bonds is 7. The molecular weight excluding hydrogens is 367 g/mol. The average Bonchev–Trinajstić information content (AvgIpc) is 2.93. The highest BCUT2D eigenvalue weighted by Crippen LogP contribution is 2.54. The summed E-state index contributed by atoms with van der Waals surface area (Å²) in [6.45, 7) is 7.23. The van der Waals surface area contributed by atoms with E-state index in [1.165, 1.54) is 17.8 Å². The molecule has 4 rings (SSSR count). The second kappa shape index (κ2) is 7.43. The number of fused-ring (bicyclic) bond motifs is 1. The Morgan fingerprint density at radius 3 is 2.68 bits per heavy atom. The van der Waals surface area contributed by atoms with Crippen LogP contribution in [-0.4, -0.2) is 34.3 Å². The lowest BCUT2D eigenvalue weighted by molar-refractivity contribution is -0.274. The molecule has 1 aliphatic heterocycles. The highest BCUT2D eigenvalue weighted by atomic mass is 19.4. The third-order valence-corrected chi connectivity index (χ3v) is 5.92. The van der Waals surface area contributed by atoms with E-state index >= 15 is 0 Å². The molecule has 1 aromatic carbocycles. The molecule has 2 fully saturated rings. The molecule has 1 radical (unpaired) electrons. The molecule has 2 atom stereocenters. The fourth-order valence-electron chi connectivity index (χ4n) is 4.43. The third kappa shape index (κ3) is 4.35. The molecule has 1 N–H and O–H groups in total. The monoisotopic (exact) mass is 392 g/mol. The van der Waals surface area contributed by atoms with Gasteiger partial charge in [0.25, 0.3) is 0 Å². The first-order valence-corrected chi connectivity index (χ1v) is 9.78. The number of hydrogen-bond acceptors (Lipinski definition) is 3. The number of nitrogens with zero attached hydrogens (tertiary/aromatic N) is 2. The maximum atomic E-state index is 12.3. The lowest BCUT2D eigenvalue weighted by Gasteiger charge is -2.19. The van der Waals surface area contributed by atoms with E-state index in [0.29, 0.717) is 17.8 Å². The molecule has 28 heavy (non-hydrogen) atoms. The number of aromatic nitrogens is 2. The van der Waals surface area contributed by atoms with Crippen LogP contribution in [0.25, 0.3) is 0 Å². The van der Waals surface area contributed by atoms with E-state index in [-0.39, 0.29) is 5.75 Å². The van der Waals surface area contributed by atoms with Crippen LogP contribution in [0.2, 0.25) is 0 Å². The van der Waals surface area contributed by atoms with Crippen LogP contribution < -0.4 is 4.74 Å². The van der Waals surface area contributed by atoms with Crippen LogP contribution in [0.1, 0.15) is 36.1 Å². The third-order valence-electron chi connectivity index (χ3n) is 5.92. The average molecular weight is 392 g/mol. The molecular formula is C21H25F3N3O. The highest BCUT2D eigenvalue weighted by Gasteiger charge is 2.54.